The van der Waals surface area contributed by atoms with Gasteiger partial charge in [0.25, 0.3) is 0 Å². The maximum atomic E-state index is 12.6. The Morgan fingerprint density at radius 2 is 1.40 bits per heavy atom. The normalized spacial score (nSPS) is 11.6. The SMILES string of the molecule is Cc1cc(O)c(S(=O)(=O)c2cc(O)ccc2C)cc1C. The number of sulfone groups is 1. The topological polar surface area (TPSA) is 74.6 Å². The van der Waals surface area contributed by atoms with Gasteiger partial charge in [0.1, 0.15) is 16.4 Å². The molecule has 0 radical (unpaired) electrons. The van der Waals surface area contributed by atoms with Gasteiger partial charge in [-0.1, -0.05) is 6.07 Å². The Morgan fingerprint density at radius 1 is 0.800 bits per heavy atom. The summed E-state index contributed by atoms with van der Waals surface area (Å²) in [5.74, 6) is -0.409. The lowest BCUT2D eigenvalue weighted by molar-refractivity contribution is 0.457. The minimum atomic E-state index is -3.87. The largest absolute Gasteiger partial charge is 0.508 e. The first-order chi connectivity index (χ1) is 9.23. The number of hydrogen-bond acceptors (Lipinski definition) is 4. The fourth-order valence-corrected chi connectivity index (χ4v) is 3.66. The quantitative estimate of drug-likeness (QED) is 0.892. The summed E-state index contributed by atoms with van der Waals surface area (Å²) in [7, 11) is -3.87. The van der Waals surface area contributed by atoms with E-state index in [0.29, 0.717) is 5.56 Å². The zero-order valence-corrected chi connectivity index (χ0v) is 12.3. The highest BCUT2D eigenvalue weighted by molar-refractivity contribution is 7.91. The Hall–Kier alpha value is -2.01. The molecule has 0 aliphatic heterocycles. The predicted octanol–water partition coefficient (Wildman–Crippen LogP) is 2.86. The molecule has 106 valence electrons. The zero-order chi connectivity index (χ0) is 15.1. The Kier molecular flexibility index (Phi) is 3.48. The van der Waals surface area contributed by atoms with Crippen LogP contribution in [0.4, 0.5) is 0 Å². The van der Waals surface area contributed by atoms with E-state index >= 15 is 0 Å². The van der Waals surface area contributed by atoms with E-state index in [9.17, 15) is 18.6 Å². The van der Waals surface area contributed by atoms with E-state index in [-0.39, 0.29) is 21.3 Å². The molecule has 2 aromatic carbocycles. The minimum Gasteiger partial charge on any atom is -0.508 e. The van der Waals surface area contributed by atoms with Crippen LogP contribution in [0.15, 0.2) is 40.1 Å². The van der Waals surface area contributed by atoms with Crippen LogP contribution in [0.1, 0.15) is 16.7 Å². The highest BCUT2D eigenvalue weighted by atomic mass is 32.2. The van der Waals surface area contributed by atoms with Crippen molar-refractivity contribution in [3.63, 3.8) is 0 Å². The predicted molar refractivity (Wildman–Crippen MR) is 75.9 cm³/mol. The molecule has 0 saturated carbocycles. The zero-order valence-electron chi connectivity index (χ0n) is 11.5. The molecule has 2 N–H and O–H groups in total. The van der Waals surface area contributed by atoms with Gasteiger partial charge in [-0.25, -0.2) is 8.42 Å². The second-order valence-electron chi connectivity index (χ2n) is 4.86. The summed E-state index contributed by atoms with van der Waals surface area (Å²) in [5.41, 5.74) is 2.11. The third kappa shape index (κ3) is 2.36. The van der Waals surface area contributed by atoms with Gasteiger partial charge >= 0.3 is 0 Å². The smallest absolute Gasteiger partial charge is 0.210 e. The summed E-state index contributed by atoms with van der Waals surface area (Å²) < 4.78 is 25.2. The van der Waals surface area contributed by atoms with Crippen molar-refractivity contribution in [3.8, 4) is 11.5 Å². The molecular formula is C15H16O4S. The van der Waals surface area contributed by atoms with Gasteiger partial charge in [-0.15, -0.1) is 0 Å². The van der Waals surface area contributed by atoms with Gasteiger partial charge in [0.2, 0.25) is 9.84 Å². The van der Waals surface area contributed by atoms with E-state index in [1.54, 1.807) is 20.8 Å². The summed E-state index contributed by atoms with van der Waals surface area (Å²) in [4.78, 5) is -0.148. The monoisotopic (exact) mass is 292 g/mol. The van der Waals surface area contributed by atoms with Crippen molar-refractivity contribution in [3.05, 3.63) is 47.0 Å². The maximum Gasteiger partial charge on any atom is 0.210 e. The average molecular weight is 292 g/mol. The van der Waals surface area contributed by atoms with Gasteiger partial charge in [0, 0.05) is 0 Å². The Labute approximate surface area is 118 Å². The first-order valence-corrected chi connectivity index (χ1v) is 7.56. The van der Waals surface area contributed by atoms with Crippen LogP contribution in [-0.4, -0.2) is 18.6 Å². The standard InChI is InChI=1S/C15H16O4S/c1-9-4-5-12(16)8-14(9)20(18,19)15-7-11(3)10(2)6-13(15)17/h4-8,16-17H,1-3H3. The molecule has 0 aliphatic rings. The van der Waals surface area contributed by atoms with E-state index < -0.39 is 9.84 Å². The van der Waals surface area contributed by atoms with E-state index in [0.717, 1.165) is 11.1 Å². The number of rotatable bonds is 2. The molecule has 0 aromatic heterocycles. The number of aromatic hydroxyl groups is 2. The first-order valence-electron chi connectivity index (χ1n) is 6.08. The molecule has 4 nitrogen and oxygen atoms in total. The molecule has 0 atom stereocenters. The van der Waals surface area contributed by atoms with E-state index in [1.165, 1.54) is 30.3 Å². The summed E-state index contributed by atoms with van der Waals surface area (Å²) in [6.07, 6.45) is 0. The van der Waals surface area contributed by atoms with Gasteiger partial charge in [-0.2, -0.15) is 0 Å². The number of aryl methyl sites for hydroxylation is 3. The van der Waals surface area contributed by atoms with Gasteiger partial charge in [-0.3, -0.25) is 0 Å². The molecule has 0 heterocycles. The van der Waals surface area contributed by atoms with Crippen LogP contribution in [0.25, 0.3) is 0 Å². The molecule has 0 saturated heterocycles. The summed E-state index contributed by atoms with van der Waals surface area (Å²) in [6, 6.07) is 7.03. The van der Waals surface area contributed by atoms with Crippen molar-refractivity contribution < 1.29 is 18.6 Å². The molecule has 0 fully saturated rings. The number of hydrogen-bond donors (Lipinski definition) is 2. The first kappa shape index (κ1) is 14.4. The number of benzene rings is 2. The molecule has 2 rings (SSSR count). The van der Waals surface area contributed by atoms with Crippen molar-refractivity contribution in [2.75, 3.05) is 0 Å². The van der Waals surface area contributed by atoms with Gasteiger partial charge < -0.3 is 10.2 Å². The highest BCUT2D eigenvalue weighted by Crippen LogP contribution is 2.33. The second kappa shape index (κ2) is 4.83. The van der Waals surface area contributed by atoms with Crippen LogP contribution in [-0.2, 0) is 9.84 Å². The van der Waals surface area contributed by atoms with Crippen molar-refractivity contribution in [1.29, 1.82) is 0 Å². The Balaban J connectivity index is 2.73. The molecule has 0 bridgehead atoms. The molecule has 20 heavy (non-hydrogen) atoms. The fraction of sp³-hybridized carbons (Fsp3) is 0.200. The number of phenolic OH excluding ortho intramolecular Hbond substituents is 2. The summed E-state index contributed by atoms with van der Waals surface area (Å²) in [5, 5.41) is 19.4. The van der Waals surface area contributed by atoms with Crippen molar-refractivity contribution in [2.24, 2.45) is 0 Å². The third-order valence-electron chi connectivity index (χ3n) is 3.33. The summed E-state index contributed by atoms with van der Waals surface area (Å²) >= 11 is 0. The molecule has 0 amide bonds. The molecule has 0 spiro atoms. The van der Waals surface area contributed by atoms with Crippen LogP contribution in [0.3, 0.4) is 0 Å². The average Bonchev–Trinajstić information content (AvgIpc) is 2.36. The highest BCUT2D eigenvalue weighted by Gasteiger charge is 2.24. The van der Waals surface area contributed by atoms with Crippen LogP contribution < -0.4 is 0 Å². The van der Waals surface area contributed by atoms with Crippen molar-refractivity contribution in [1.82, 2.24) is 0 Å². The summed E-state index contributed by atoms with van der Waals surface area (Å²) in [6.45, 7) is 5.22. The molecule has 2 aromatic rings. The van der Waals surface area contributed by atoms with Crippen LogP contribution in [0.5, 0.6) is 11.5 Å². The van der Waals surface area contributed by atoms with Gasteiger partial charge in [0.05, 0.1) is 4.90 Å². The Bertz CT molecular complexity index is 777. The van der Waals surface area contributed by atoms with Crippen molar-refractivity contribution in [2.45, 2.75) is 30.6 Å². The number of phenols is 2. The fourth-order valence-electron chi connectivity index (χ4n) is 1.99. The van der Waals surface area contributed by atoms with Gasteiger partial charge in [-0.05, 0) is 61.7 Å². The molecular weight excluding hydrogens is 276 g/mol. The Morgan fingerprint density at radius 3 is 2.05 bits per heavy atom. The molecule has 5 heteroatoms. The lowest BCUT2D eigenvalue weighted by atomic mass is 10.1. The minimum absolute atomic E-state index is 0.00365. The van der Waals surface area contributed by atoms with Crippen molar-refractivity contribution >= 4 is 9.84 Å². The van der Waals surface area contributed by atoms with Crippen LogP contribution in [0, 0.1) is 20.8 Å². The lowest BCUT2D eigenvalue weighted by Crippen LogP contribution is -2.05. The van der Waals surface area contributed by atoms with Gasteiger partial charge in [0.15, 0.2) is 0 Å². The van der Waals surface area contributed by atoms with E-state index in [4.69, 9.17) is 0 Å². The molecule has 0 unspecified atom stereocenters. The van der Waals surface area contributed by atoms with E-state index in [2.05, 4.69) is 0 Å². The van der Waals surface area contributed by atoms with E-state index in [1.807, 2.05) is 0 Å². The van der Waals surface area contributed by atoms with Crippen LogP contribution in [0.2, 0.25) is 0 Å². The maximum absolute atomic E-state index is 12.6. The lowest BCUT2D eigenvalue weighted by Gasteiger charge is -2.12. The second-order valence-corrected chi connectivity index (χ2v) is 6.74. The molecule has 0 aliphatic carbocycles. The third-order valence-corrected chi connectivity index (χ3v) is 5.25. The van der Waals surface area contributed by atoms with Crippen LogP contribution >= 0.6 is 0 Å².